The van der Waals surface area contributed by atoms with Gasteiger partial charge in [0.1, 0.15) is 0 Å². The quantitative estimate of drug-likeness (QED) is 0.904. The number of anilines is 1. The minimum Gasteiger partial charge on any atom is -0.340 e. The first kappa shape index (κ1) is 14.3. The SMILES string of the molecule is Cc1cc(C)nc(N2CCCC(CNC(C)C)C2)n1. The predicted octanol–water partition coefficient (Wildman–Crippen LogP) is 2.31. The molecule has 106 valence electrons. The van der Waals surface area contributed by atoms with E-state index in [1.54, 1.807) is 0 Å². The average molecular weight is 262 g/mol. The molecule has 19 heavy (non-hydrogen) atoms. The van der Waals surface area contributed by atoms with Gasteiger partial charge in [-0.2, -0.15) is 0 Å². The van der Waals surface area contributed by atoms with Crippen LogP contribution in [-0.4, -0.2) is 35.6 Å². The van der Waals surface area contributed by atoms with Crippen LogP contribution in [0.3, 0.4) is 0 Å². The van der Waals surface area contributed by atoms with Crippen molar-refractivity contribution in [3.63, 3.8) is 0 Å². The summed E-state index contributed by atoms with van der Waals surface area (Å²) in [4.78, 5) is 11.5. The summed E-state index contributed by atoms with van der Waals surface area (Å²) < 4.78 is 0. The Morgan fingerprint density at radius 3 is 2.63 bits per heavy atom. The first-order chi connectivity index (χ1) is 9.04. The summed E-state index contributed by atoms with van der Waals surface area (Å²) in [7, 11) is 0. The molecule has 2 rings (SSSR count). The summed E-state index contributed by atoms with van der Waals surface area (Å²) in [6, 6.07) is 2.60. The van der Waals surface area contributed by atoms with Gasteiger partial charge in [-0.05, 0) is 45.2 Å². The fraction of sp³-hybridized carbons (Fsp3) is 0.733. The largest absolute Gasteiger partial charge is 0.340 e. The number of aromatic nitrogens is 2. The van der Waals surface area contributed by atoms with Gasteiger partial charge in [-0.3, -0.25) is 0 Å². The van der Waals surface area contributed by atoms with Crippen LogP contribution in [0.1, 0.15) is 38.1 Å². The molecule has 0 saturated carbocycles. The van der Waals surface area contributed by atoms with Crippen LogP contribution >= 0.6 is 0 Å². The van der Waals surface area contributed by atoms with Crippen LogP contribution in [0.4, 0.5) is 5.95 Å². The summed E-state index contributed by atoms with van der Waals surface area (Å²) in [6.07, 6.45) is 2.54. The molecule has 1 atom stereocenters. The molecule has 0 aromatic carbocycles. The van der Waals surface area contributed by atoms with Gasteiger partial charge in [0, 0.05) is 30.5 Å². The van der Waals surface area contributed by atoms with Gasteiger partial charge >= 0.3 is 0 Å². The molecule has 1 aliphatic heterocycles. The van der Waals surface area contributed by atoms with E-state index in [9.17, 15) is 0 Å². The lowest BCUT2D eigenvalue weighted by molar-refractivity contribution is 0.376. The van der Waals surface area contributed by atoms with Crippen molar-refractivity contribution in [1.82, 2.24) is 15.3 Å². The second kappa shape index (κ2) is 6.33. The number of hydrogen-bond donors (Lipinski definition) is 1. The van der Waals surface area contributed by atoms with Crippen LogP contribution in [0.25, 0.3) is 0 Å². The minimum atomic E-state index is 0.563. The van der Waals surface area contributed by atoms with Crippen LogP contribution in [0, 0.1) is 19.8 Å². The highest BCUT2D eigenvalue weighted by Crippen LogP contribution is 2.20. The first-order valence-electron chi connectivity index (χ1n) is 7.35. The number of nitrogens with zero attached hydrogens (tertiary/aromatic N) is 3. The molecule has 1 aliphatic rings. The molecule has 1 unspecified atom stereocenters. The zero-order valence-corrected chi connectivity index (χ0v) is 12.6. The van der Waals surface area contributed by atoms with Crippen molar-refractivity contribution in [3.8, 4) is 0 Å². The van der Waals surface area contributed by atoms with E-state index in [1.165, 1.54) is 12.8 Å². The van der Waals surface area contributed by atoms with Crippen molar-refractivity contribution in [3.05, 3.63) is 17.5 Å². The Morgan fingerprint density at radius 1 is 1.32 bits per heavy atom. The minimum absolute atomic E-state index is 0.563. The lowest BCUT2D eigenvalue weighted by atomic mass is 9.98. The number of piperidine rings is 1. The highest BCUT2D eigenvalue weighted by Gasteiger charge is 2.22. The Labute approximate surface area is 116 Å². The third kappa shape index (κ3) is 4.16. The van der Waals surface area contributed by atoms with E-state index in [0.29, 0.717) is 12.0 Å². The predicted molar refractivity (Wildman–Crippen MR) is 79.6 cm³/mol. The van der Waals surface area contributed by atoms with E-state index < -0.39 is 0 Å². The van der Waals surface area contributed by atoms with Gasteiger partial charge in [0.2, 0.25) is 5.95 Å². The molecule has 0 aliphatic carbocycles. The molecule has 0 amide bonds. The summed E-state index contributed by atoms with van der Waals surface area (Å²) >= 11 is 0. The van der Waals surface area contributed by atoms with Gasteiger partial charge in [-0.1, -0.05) is 13.8 Å². The summed E-state index contributed by atoms with van der Waals surface area (Å²) in [5, 5.41) is 3.54. The molecule has 1 aromatic rings. The van der Waals surface area contributed by atoms with Crippen LogP contribution in [-0.2, 0) is 0 Å². The van der Waals surface area contributed by atoms with Crippen molar-refractivity contribution in [1.29, 1.82) is 0 Å². The monoisotopic (exact) mass is 262 g/mol. The van der Waals surface area contributed by atoms with E-state index in [0.717, 1.165) is 37.0 Å². The lowest BCUT2D eigenvalue weighted by Gasteiger charge is -2.33. The van der Waals surface area contributed by atoms with Crippen molar-refractivity contribution >= 4 is 5.95 Å². The molecule has 2 heterocycles. The summed E-state index contributed by atoms with van der Waals surface area (Å²) in [6.45, 7) is 11.7. The molecule has 1 aromatic heterocycles. The van der Waals surface area contributed by atoms with E-state index in [1.807, 2.05) is 19.9 Å². The topological polar surface area (TPSA) is 41.1 Å². The maximum atomic E-state index is 4.58. The molecule has 1 fully saturated rings. The second-order valence-electron chi connectivity index (χ2n) is 5.97. The van der Waals surface area contributed by atoms with Crippen LogP contribution in [0.5, 0.6) is 0 Å². The van der Waals surface area contributed by atoms with Gasteiger partial charge < -0.3 is 10.2 Å². The number of hydrogen-bond acceptors (Lipinski definition) is 4. The Morgan fingerprint density at radius 2 is 2.00 bits per heavy atom. The first-order valence-corrected chi connectivity index (χ1v) is 7.35. The van der Waals surface area contributed by atoms with E-state index in [-0.39, 0.29) is 0 Å². The molecule has 0 spiro atoms. The fourth-order valence-corrected chi connectivity index (χ4v) is 2.66. The van der Waals surface area contributed by atoms with Gasteiger partial charge in [-0.15, -0.1) is 0 Å². The number of nitrogens with one attached hydrogen (secondary N) is 1. The number of rotatable bonds is 4. The lowest BCUT2D eigenvalue weighted by Crippen LogP contribution is -2.41. The Hall–Kier alpha value is -1.16. The van der Waals surface area contributed by atoms with Gasteiger partial charge in [0.15, 0.2) is 0 Å². The third-order valence-corrected chi connectivity index (χ3v) is 3.59. The fourth-order valence-electron chi connectivity index (χ4n) is 2.66. The van der Waals surface area contributed by atoms with Crippen molar-refractivity contribution < 1.29 is 0 Å². The zero-order chi connectivity index (χ0) is 13.8. The average Bonchev–Trinajstić information content (AvgIpc) is 2.35. The normalized spacial score (nSPS) is 20.1. The molecular weight excluding hydrogens is 236 g/mol. The van der Waals surface area contributed by atoms with Crippen LogP contribution in [0.2, 0.25) is 0 Å². The Bertz CT molecular complexity index is 396. The van der Waals surface area contributed by atoms with Crippen molar-refractivity contribution in [2.45, 2.75) is 46.6 Å². The summed E-state index contributed by atoms with van der Waals surface area (Å²) in [5.41, 5.74) is 2.12. The molecule has 0 bridgehead atoms. The highest BCUT2D eigenvalue weighted by atomic mass is 15.3. The Balaban J connectivity index is 2.00. The molecule has 4 nitrogen and oxygen atoms in total. The molecular formula is C15H26N4. The van der Waals surface area contributed by atoms with Gasteiger partial charge in [0.25, 0.3) is 0 Å². The molecule has 1 saturated heterocycles. The highest BCUT2D eigenvalue weighted by molar-refractivity contribution is 5.32. The Kier molecular flexibility index (Phi) is 4.75. The zero-order valence-electron chi connectivity index (χ0n) is 12.6. The van der Waals surface area contributed by atoms with Gasteiger partial charge in [-0.25, -0.2) is 9.97 Å². The maximum Gasteiger partial charge on any atom is 0.225 e. The van der Waals surface area contributed by atoms with E-state index in [2.05, 4.69) is 34.0 Å². The standard InChI is InChI=1S/C15H26N4/c1-11(2)16-9-14-6-5-7-19(10-14)15-17-12(3)8-13(4)18-15/h8,11,14,16H,5-7,9-10H2,1-4H3. The van der Waals surface area contributed by atoms with Crippen LogP contribution in [0.15, 0.2) is 6.07 Å². The van der Waals surface area contributed by atoms with Crippen molar-refractivity contribution in [2.24, 2.45) is 5.92 Å². The van der Waals surface area contributed by atoms with Crippen molar-refractivity contribution in [2.75, 3.05) is 24.5 Å². The summed E-state index contributed by atoms with van der Waals surface area (Å²) in [5.74, 6) is 1.62. The smallest absolute Gasteiger partial charge is 0.225 e. The van der Waals surface area contributed by atoms with Crippen LogP contribution < -0.4 is 10.2 Å². The second-order valence-corrected chi connectivity index (χ2v) is 5.97. The molecule has 1 N–H and O–H groups in total. The maximum absolute atomic E-state index is 4.58. The van der Waals surface area contributed by atoms with E-state index in [4.69, 9.17) is 0 Å². The number of aryl methyl sites for hydroxylation is 2. The van der Waals surface area contributed by atoms with Gasteiger partial charge in [0.05, 0.1) is 0 Å². The molecule has 0 radical (unpaired) electrons. The van der Waals surface area contributed by atoms with E-state index >= 15 is 0 Å². The third-order valence-electron chi connectivity index (χ3n) is 3.59. The molecule has 4 heteroatoms.